The number of rotatable bonds is 5. The Labute approximate surface area is 124 Å². The average molecular weight is 285 g/mol. The third kappa shape index (κ3) is 4.07. The van der Waals surface area contributed by atoms with Crippen LogP contribution in [0.5, 0.6) is 5.75 Å². The molecule has 0 aliphatic heterocycles. The number of aliphatic hydroxyl groups is 1. The lowest BCUT2D eigenvalue weighted by Crippen LogP contribution is -2.25. The number of aliphatic hydroxyl groups excluding tert-OH is 1. The smallest absolute Gasteiger partial charge is 0.255 e. The summed E-state index contributed by atoms with van der Waals surface area (Å²) in [6, 6.07) is 12.6. The first-order chi connectivity index (χ1) is 10.1. The van der Waals surface area contributed by atoms with Crippen molar-refractivity contribution in [3.63, 3.8) is 0 Å². The number of hydrogen-bond acceptors (Lipinski definition) is 3. The molecular formula is C17H19NO3. The van der Waals surface area contributed by atoms with Crippen molar-refractivity contribution >= 4 is 5.91 Å². The van der Waals surface area contributed by atoms with Crippen molar-refractivity contribution in [3.05, 3.63) is 64.7 Å². The fraction of sp³-hybridized carbons (Fsp3) is 0.235. The summed E-state index contributed by atoms with van der Waals surface area (Å²) in [5, 5.41) is 21.5. The van der Waals surface area contributed by atoms with Crippen LogP contribution in [0.3, 0.4) is 0 Å². The zero-order valence-electron chi connectivity index (χ0n) is 12.0. The van der Waals surface area contributed by atoms with Gasteiger partial charge in [-0.2, -0.15) is 0 Å². The van der Waals surface area contributed by atoms with Gasteiger partial charge in [0.05, 0.1) is 12.2 Å². The van der Waals surface area contributed by atoms with Crippen molar-refractivity contribution in [1.29, 1.82) is 0 Å². The summed E-state index contributed by atoms with van der Waals surface area (Å²) in [4.78, 5) is 12.0. The molecule has 0 radical (unpaired) electrons. The number of aromatic hydroxyl groups is 1. The standard InChI is InChI=1S/C17H19NO3/c1-12-2-7-15(16(20)10-12)17(21)18-9-8-13-3-5-14(11-19)6-4-13/h2-7,10,19-20H,8-9,11H2,1H3,(H,18,21). The number of hydrogen-bond donors (Lipinski definition) is 3. The molecule has 4 heteroatoms. The van der Waals surface area contributed by atoms with Crippen molar-refractivity contribution < 1.29 is 15.0 Å². The van der Waals surface area contributed by atoms with Crippen LogP contribution in [-0.4, -0.2) is 22.7 Å². The highest BCUT2D eigenvalue weighted by Gasteiger charge is 2.10. The quantitative estimate of drug-likeness (QED) is 0.788. The lowest BCUT2D eigenvalue weighted by molar-refractivity contribution is 0.0951. The SMILES string of the molecule is Cc1ccc(C(=O)NCCc2ccc(CO)cc2)c(O)c1. The first-order valence-corrected chi connectivity index (χ1v) is 6.86. The maximum absolute atomic E-state index is 12.0. The molecule has 2 rings (SSSR count). The molecule has 2 aromatic carbocycles. The zero-order chi connectivity index (χ0) is 15.2. The van der Waals surface area contributed by atoms with E-state index in [1.807, 2.05) is 31.2 Å². The van der Waals surface area contributed by atoms with Gasteiger partial charge in [-0.3, -0.25) is 4.79 Å². The van der Waals surface area contributed by atoms with Crippen LogP contribution in [0.4, 0.5) is 0 Å². The normalized spacial score (nSPS) is 10.4. The average Bonchev–Trinajstić information content (AvgIpc) is 2.47. The summed E-state index contributed by atoms with van der Waals surface area (Å²) in [6.45, 7) is 2.38. The third-order valence-corrected chi connectivity index (χ3v) is 3.30. The first-order valence-electron chi connectivity index (χ1n) is 6.86. The van der Waals surface area contributed by atoms with Gasteiger partial charge in [0.15, 0.2) is 0 Å². The number of carbonyl (C=O) groups excluding carboxylic acids is 1. The Hall–Kier alpha value is -2.33. The number of phenolic OH excluding ortho intramolecular Hbond substituents is 1. The van der Waals surface area contributed by atoms with Gasteiger partial charge in [0, 0.05) is 6.54 Å². The van der Waals surface area contributed by atoms with Crippen molar-refractivity contribution in [3.8, 4) is 5.75 Å². The van der Waals surface area contributed by atoms with Crippen LogP contribution in [0.2, 0.25) is 0 Å². The molecule has 0 heterocycles. The van der Waals surface area contributed by atoms with Crippen LogP contribution in [0.25, 0.3) is 0 Å². The predicted molar refractivity (Wildman–Crippen MR) is 81.2 cm³/mol. The van der Waals surface area contributed by atoms with Crippen LogP contribution in [0, 0.1) is 6.92 Å². The first kappa shape index (κ1) is 15.1. The van der Waals surface area contributed by atoms with Gasteiger partial charge in [-0.15, -0.1) is 0 Å². The predicted octanol–water partition coefficient (Wildman–Crippen LogP) is 2.17. The van der Waals surface area contributed by atoms with Gasteiger partial charge in [0.2, 0.25) is 0 Å². The number of benzene rings is 2. The van der Waals surface area contributed by atoms with Gasteiger partial charge < -0.3 is 15.5 Å². The molecule has 0 unspecified atom stereocenters. The highest BCUT2D eigenvalue weighted by molar-refractivity contribution is 5.96. The third-order valence-electron chi connectivity index (χ3n) is 3.30. The molecule has 0 bridgehead atoms. The number of carbonyl (C=O) groups is 1. The molecule has 3 N–H and O–H groups in total. The van der Waals surface area contributed by atoms with E-state index in [0.29, 0.717) is 13.0 Å². The van der Waals surface area contributed by atoms with Crippen molar-refractivity contribution in [1.82, 2.24) is 5.32 Å². The molecule has 0 spiro atoms. The Morgan fingerprint density at radius 3 is 2.38 bits per heavy atom. The van der Waals surface area contributed by atoms with Crippen molar-refractivity contribution in [2.75, 3.05) is 6.54 Å². The van der Waals surface area contributed by atoms with Gasteiger partial charge in [-0.05, 0) is 42.2 Å². The van der Waals surface area contributed by atoms with Gasteiger partial charge in [-0.1, -0.05) is 30.3 Å². The molecule has 0 aliphatic rings. The second-order valence-electron chi connectivity index (χ2n) is 5.00. The summed E-state index contributed by atoms with van der Waals surface area (Å²) in [5.74, 6) is -0.278. The molecular weight excluding hydrogens is 266 g/mol. The second-order valence-corrected chi connectivity index (χ2v) is 5.00. The maximum Gasteiger partial charge on any atom is 0.255 e. The highest BCUT2D eigenvalue weighted by Crippen LogP contribution is 2.18. The minimum Gasteiger partial charge on any atom is -0.507 e. The van der Waals surface area contributed by atoms with E-state index >= 15 is 0 Å². The Kier molecular flexibility index (Phi) is 4.95. The molecule has 0 saturated heterocycles. The molecule has 1 amide bonds. The van der Waals surface area contributed by atoms with E-state index in [1.54, 1.807) is 18.2 Å². The van der Waals surface area contributed by atoms with E-state index in [1.165, 1.54) is 0 Å². The molecule has 0 fully saturated rings. The van der Waals surface area contributed by atoms with E-state index < -0.39 is 0 Å². The second kappa shape index (κ2) is 6.90. The topological polar surface area (TPSA) is 69.6 Å². The number of aryl methyl sites for hydroxylation is 1. The highest BCUT2D eigenvalue weighted by atomic mass is 16.3. The summed E-state index contributed by atoms with van der Waals surface area (Å²) in [5.41, 5.74) is 3.15. The number of amides is 1. The lowest BCUT2D eigenvalue weighted by Gasteiger charge is -2.08. The molecule has 0 aliphatic carbocycles. The number of nitrogens with one attached hydrogen (secondary N) is 1. The fourth-order valence-electron chi connectivity index (χ4n) is 2.06. The molecule has 4 nitrogen and oxygen atoms in total. The minimum absolute atomic E-state index is 0.000186. The van der Waals surface area contributed by atoms with E-state index in [0.717, 1.165) is 16.7 Å². The summed E-state index contributed by atoms with van der Waals surface area (Å²) in [6.07, 6.45) is 0.698. The molecule has 2 aromatic rings. The Morgan fingerprint density at radius 2 is 1.76 bits per heavy atom. The van der Waals surface area contributed by atoms with Crippen LogP contribution in [-0.2, 0) is 13.0 Å². The van der Waals surface area contributed by atoms with Crippen LogP contribution >= 0.6 is 0 Å². The van der Waals surface area contributed by atoms with E-state index in [-0.39, 0.29) is 23.8 Å². The van der Waals surface area contributed by atoms with E-state index in [9.17, 15) is 9.90 Å². The van der Waals surface area contributed by atoms with Crippen LogP contribution in [0.1, 0.15) is 27.0 Å². The minimum atomic E-state index is -0.278. The van der Waals surface area contributed by atoms with Crippen LogP contribution < -0.4 is 5.32 Å². The molecule has 0 saturated carbocycles. The monoisotopic (exact) mass is 285 g/mol. The van der Waals surface area contributed by atoms with E-state index in [4.69, 9.17) is 5.11 Å². The summed E-state index contributed by atoms with van der Waals surface area (Å²) < 4.78 is 0. The Bertz CT molecular complexity index is 620. The van der Waals surface area contributed by atoms with E-state index in [2.05, 4.69) is 5.32 Å². The van der Waals surface area contributed by atoms with Crippen LogP contribution in [0.15, 0.2) is 42.5 Å². The zero-order valence-corrected chi connectivity index (χ0v) is 12.0. The van der Waals surface area contributed by atoms with Gasteiger partial charge >= 0.3 is 0 Å². The van der Waals surface area contributed by atoms with Crippen molar-refractivity contribution in [2.45, 2.75) is 20.0 Å². The Morgan fingerprint density at radius 1 is 1.10 bits per heavy atom. The van der Waals surface area contributed by atoms with Crippen molar-refractivity contribution in [2.24, 2.45) is 0 Å². The lowest BCUT2D eigenvalue weighted by atomic mass is 10.1. The summed E-state index contributed by atoms with van der Waals surface area (Å²) in [7, 11) is 0. The Balaban J connectivity index is 1.88. The van der Waals surface area contributed by atoms with Gasteiger partial charge in [-0.25, -0.2) is 0 Å². The molecule has 0 aromatic heterocycles. The molecule has 110 valence electrons. The van der Waals surface area contributed by atoms with Gasteiger partial charge in [0.1, 0.15) is 5.75 Å². The maximum atomic E-state index is 12.0. The van der Waals surface area contributed by atoms with Gasteiger partial charge in [0.25, 0.3) is 5.91 Å². The summed E-state index contributed by atoms with van der Waals surface area (Å²) >= 11 is 0. The molecule has 0 atom stereocenters. The number of phenols is 1. The molecule has 21 heavy (non-hydrogen) atoms. The fourth-order valence-corrected chi connectivity index (χ4v) is 2.06. The largest absolute Gasteiger partial charge is 0.507 e.